The summed E-state index contributed by atoms with van der Waals surface area (Å²) in [7, 11) is 0. The summed E-state index contributed by atoms with van der Waals surface area (Å²) in [6.07, 6.45) is 0.485. The minimum Gasteiger partial charge on any atom is -0.373 e. The van der Waals surface area contributed by atoms with Gasteiger partial charge in [-0.05, 0) is 31.0 Å². The summed E-state index contributed by atoms with van der Waals surface area (Å²) in [5.41, 5.74) is 2.38. The Labute approximate surface area is 164 Å². The van der Waals surface area contributed by atoms with Crippen LogP contribution >= 0.6 is 0 Å². The van der Waals surface area contributed by atoms with E-state index in [0.29, 0.717) is 6.54 Å². The zero-order valence-electron chi connectivity index (χ0n) is 16.1. The van der Waals surface area contributed by atoms with Crippen molar-refractivity contribution >= 4 is 11.6 Å². The number of hydrogen-bond acceptors (Lipinski definition) is 5. The summed E-state index contributed by atoms with van der Waals surface area (Å²) in [5.74, 6) is -0.330. The Morgan fingerprint density at radius 1 is 1.14 bits per heavy atom. The Balaban J connectivity index is 1.53. The minimum absolute atomic E-state index is 0.0937. The van der Waals surface area contributed by atoms with Crippen molar-refractivity contribution < 1.29 is 14.5 Å². The van der Waals surface area contributed by atoms with E-state index in [1.165, 1.54) is 23.8 Å². The van der Waals surface area contributed by atoms with Crippen LogP contribution in [0.15, 0.2) is 48.5 Å². The van der Waals surface area contributed by atoms with Crippen LogP contribution in [0.1, 0.15) is 35.3 Å². The van der Waals surface area contributed by atoms with Gasteiger partial charge in [0, 0.05) is 43.9 Å². The van der Waals surface area contributed by atoms with Gasteiger partial charge in [-0.3, -0.25) is 19.8 Å². The third-order valence-corrected chi connectivity index (χ3v) is 4.70. The van der Waals surface area contributed by atoms with E-state index < -0.39 is 4.92 Å². The molecule has 1 aliphatic heterocycles. The van der Waals surface area contributed by atoms with Crippen LogP contribution in [0.4, 0.5) is 5.69 Å². The molecule has 7 nitrogen and oxygen atoms in total. The van der Waals surface area contributed by atoms with Gasteiger partial charge in [0.1, 0.15) is 0 Å². The van der Waals surface area contributed by atoms with Crippen molar-refractivity contribution in [3.63, 3.8) is 0 Å². The highest BCUT2D eigenvalue weighted by molar-refractivity contribution is 5.94. The van der Waals surface area contributed by atoms with Gasteiger partial charge in [-0.25, -0.2) is 0 Å². The number of carbonyl (C=O) groups is 1. The zero-order valence-corrected chi connectivity index (χ0v) is 16.1. The second kappa shape index (κ2) is 8.95. The second-order valence-electron chi connectivity index (χ2n) is 7.26. The smallest absolute Gasteiger partial charge is 0.270 e. The topological polar surface area (TPSA) is 84.7 Å². The van der Waals surface area contributed by atoms with E-state index in [1.807, 2.05) is 12.1 Å². The fraction of sp³-hybridized carbons (Fsp3) is 0.381. The summed E-state index contributed by atoms with van der Waals surface area (Å²) in [5, 5.41) is 13.6. The van der Waals surface area contributed by atoms with Gasteiger partial charge in [0.05, 0.1) is 17.1 Å². The molecule has 28 heavy (non-hydrogen) atoms. The monoisotopic (exact) mass is 383 g/mol. The maximum absolute atomic E-state index is 12.2. The van der Waals surface area contributed by atoms with E-state index in [2.05, 4.69) is 36.2 Å². The molecule has 0 aliphatic carbocycles. The molecule has 1 heterocycles. The Morgan fingerprint density at radius 3 is 2.43 bits per heavy atom. The number of nitrogens with zero attached hydrogens (tertiary/aromatic N) is 2. The molecule has 1 fully saturated rings. The molecule has 0 aromatic heterocycles. The largest absolute Gasteiger partial charge is 0.373 e. The average molecular weight is 383 g/mol. The number of benzene rings is 2. The molecule has 148 valence electrons. The van der Waals surface area contributed by atoms with Crippen LogP contribution in [0.5, 0.6) is 0 Å². The SMILES string of the molecule is CC1CN(Cc2ccc(CNC(=O)c3cccc([N+](=O)[O-])c3)cc2)CC(C)O1. The van der Waals surface area contributed by atoms with Gasteiger partial charge in [0.15, 0.2) is 0 Å². The van der Waals surface area contributed by atoms with E-state index in [0.717, 1.165) is 25.2 Å². The van der Waals surface area contributed by atoms with Crippen LogP contribution in [0.25, 0.3) is 0 Å². The standard InChI is InChI=1S/C21H25N3O4/c1-15-12-23(13-16(2)28-15)14-18-8-6-17(7-9-18)11-22-21(25)19-4-3-5-20(10-19)24(26)27/h3-10,15-16H,11-14H2,1-2H3,(H,22,25). The number of morpholine rings is 1. The third kappa shape index (κ3) is 5.37. The Morgan fingerprint density at radius 2 is 1.79 bits per heavy atom. The van der Waals surface area contributed by atoms with Crippen LogP contribution in [-0.4, -0.2) is 41.0 Å². The average Bonchev–Trinajstić information content (AvgIpc) is 2.66. The zero-order chi connectivity index (χ0) is 20.1. The molecule has 0 saturated carbocycles. The van der Waals surface area contributed by atoms with E-state index >= 15 is 0 Å². The molecular formula is C21H25N3O4. The number of hydrogen-bond donors (Lipinski definition) is 1. The molecule has 2 unspecified atom stereocenters. The highest BCUT2D eigenvalue weighted by Gasteiger charge is 2.21. The lowest BCUT2D eigenvalue weighted by Crippen LogP contribution is -2.44. The van der Waals surface area contributed by atoms with Crippen molar-refractivity contribution in [3.8, 4) is 0 Å². The van der Waals surface area contributed by atoms with Crippen molar-refractivity contribution in [1.29, 1.82) is 0 Å². The predicted octanol–water partition coefficient (Wildman–Crippen LogP) is 3.13. The van der Waals surface area contributed by atoms with Gasteiger partial charge in [-0.2, -0.15) is 0 Å². The molecular weight excluding hydrogens is 358 g/mol. The van der Waals surface area contributed by atoms with Gasteiger partial charge in [-0.1, -0.05) is 30.3 Å². The third-order valence-electron chi connectivity index (χ3n) is 4.70. The minimum atomic E-state index is -0.508. The molecule has 1 saturated heterocycles. The van der Waals surface area contributed by atoms with Gasteiger partial charge in [0.25, 0.3) is 11.6 Å². The van der Waals surface area contributed by atoms with E-state index in [-0.39, 0.29) is 29.4 Å². The fourth-order valence-electron chi connectivity index (χ4n) is 3.48. The van der Waals surface area contributed by atoms with Crippen molar-refractivity contribution in [2.75, 3.05) is 13.1 Å². The number of nitrogens with one attached hydrogen (secondary N) is 1. The van der Waals surface area contributed by atoms with Gasteiger partial charge in [-0.15, -0.1) is 0 Å². The van der Waals surface area contributed by atoms with Crippen molar-refractivity contribution in [2.24, 2.45) is 0 Å². The van der Waals surface area contributed by atoms with Gasteiger partial charge >= 0.3 is 0 Å². The highest BCUT2D eigenvalue weighted by atomic mass is 16.6. The normalized spacial score (nSPS) is 19.9. The van der Waals surface area contributed by atoms with Crippen LogP contribution in [0, 0.1) is 10.1 Å². The van der Waals surface area contributed by atoms with E-state index in [4.69, 9.17) is 4.74 Å². The van der Waals surface area contributed by atoms with Crippen molar-refractivity contribution in [3.05, 3.63) is 75.3 Å². The molecule has 2 aromatic rings. The molecule has 1 aliphatic rings. The lowest BCUT2D eigenvalue weighted by Gasteiger charge is -2.35. The molecule has 0 bridgehead atoms. The lowest BCUT2D eigenvalue weighted by molar-refractivity contribution is -0.384. The molecule has 2 aromatic carbocycles. The van der Waals surface area contributed by atoms with Crippen LogP contribution in [0.2, 0.25) is 0 Å². The number of nitro groups is 1. The Bertz CT molecular complexity index is 828. The molecule has 7 heteroatoms. The summed E-state index contributed by atoms with van der Waals surface area (Å²) in [6, 6.07) is 13.9. The number of amides is 1. The number of non-ortho nitro benzene ring substituents is 1. The molecule has 0 radical (unpaired) electrons. The first kappa shape index (κ1) is 20.0. The number of ether oxygens (including phenoxy) is 1. The maximum atomic E-state index is 12.2. The number of rotatable bonds is 6. The fourth-order valence-corrected chi connectivity index (χ4v) is 3.48. The highest BCUT2D eigenvalue weighted by Crippen LogP contribution is 2.15. The maximum Gasteiger partial charge on any atom is 0.270 e. The summed E-state index contributed by atoms with van der Waals surface area (Å²) >= 11 is 0. The first-order valence-electron chi connectivity index (χ1n) is 9.39. The molecule has 1 amide bonds. The second-order valence-corrected chi connectivity index (χ2v) is 7.26. The van der Waals surface area contributed by atoms with Crippen LogP contribution in [0.3, 0.4) is 0 Å². The Kier molecular flexibility index (Phi) is 6.38. The molecule has 3 rings (SSSR count). The lowest BCUT2D eigenvalue weighted by atomic mass is 10.1. The van der Waals surface area contributed by atoms with Crippen molar-refractivity contribution in [2.45, 2.75) is 39.1 Å². The summed E-state index contributed by atoms with van der Waals surface area (Å²) < 4.78 is 5.77. The summed E-state index contributed by atoms with van der Waals surface area (Å²) in [4.78, 5) is 24.9. The van der Waals surface area contributed by atoms with Crippen molar-refractivity contribution in [1.82, 2.24) is 10.2 Å². The predicted molar refractivity (Wildman–Crippen MR) is 106 cm³/mol. The molecule has 0 spiro atoms. The summed E-state index contributed by atoms with van der Waals surface area (Å²) in [6.45, 7) is 7.27. The first-order chi connectivity index (χ1) is 13.4. The van der Waals surface area contributed by atoms with E-state index in [1.54, 1.807) is 6.07 Å². The first-order valence-corrected chi connectivity index (χ1v) is 9.39. The van der Waals surface area contributed by atoms with Gasteiger partial charge in [0.2, 0.25) is 0 Å². The Hall–Kier alpha value is -2.77. The molecule has 2 atom stereocenters. The van der Waals surface area contributed by atoms with Gasteiger partial charge < -0.3 is 10.1 Å². The van der Waals surface area contributed by atoms with Crippen LogP contribution < -0.4 is 5.32 Å². The molecule has 1 N–H and O–H groups in total. The number of nitro benzene ring substituents is 1. The van der Waals surface area contributed by atoms with Crippen LogP contribution in [-0.2, 0) is 17.8 Å². The number of carbonyl (C=O) groups excluding carboxylic acids is 1. The quantitative estimate of drug-likeness (QED) is 0.612. The van der Waals surface area contributed by atoms with E-state index in [9.17, 15) is 14.9 Å².